The lowest BCUT2D eigenvalue weighted by Crippen LogP contribution is -2.33. The van der Waals surface area contributed by atoms with Gasteiger partial charge < -0.3 is 5.32 Å². The van der Waals surface area contributed by atoms with Gasteiger partial charge in [0.15, 0.2) is 0 Å². The molecule has 0 aromatic heterocycles. The molecular weight excluding hydrogens is 190 g/mol. The minimum Gasteiger partial charge on any atom is -0.310 e. The summed E-state index contributed by atoms with van der Waals surface area (Å²) in [5.41, 5.74) is 0. The van der Waals surface area contributed by atoms with Crippen molar-refractivity contribution in [3.8, 4) is 0 Å². The predicted molar refractivity (Wildman–Crippen MR) is 41.7 cm³/mol. The molecule has 0 saturated carbocycles. The quantitative estimate of drug-likeness (QED) is 0.565. The number of rotatable bonds is 6. The van der Waals surface area contributed by atoms with E-state index in [0.29, 0.717) is 0 Å². The maximum Gasteiger partial charge on any atom is 0.250 e. The van der Waals surface area contributed by atoms with E-state index in [-0.39, 0.29) is 13.1 Å². The Bertz CT molecular complexity index is 205. The topological polar surface area (TPSA) is 58.2 Å². The maximum atomic E-state index is 11.5. The highest BCUT2D eigenvalue weighted by Gasteiger charge is 2.01. The fourth-order valence-corrected chi connectivity index (χ4v) is 1.01. The first kappa shape index (κ1) is 11.7. The van der Waals surface area contributed by atoms with Crippen LogP contribution in [-0.4, -0.2) is 40.7 Å². The van der Waals surface area contributed by atoms with Crippen molar-refractivity contribution in [2.45, 2.75) is 6.43 Å². The Morgan fingerprint density at radius 1 is 1.33 bits per heavy atom. The predicted octanol–water partition coefficient (Wildman–Crippen LogP) is -0.610. The van der Waals surface area contributed by atoms with Crippen LogP contribution >= 0.6 is 0 Å². The van der Waals surface area contributed by atoms with Crippen molar-refractivity contribution >= 4 is 10.0 Å². The minimum absolute atomic E-state index is 0.131. The van der Waals surface area contributed by atoms with Gasteiger partial charge in [-0.1, -0.05) is 0 Å². The molecule has 0 radical (unpaired) electrons. The van der Waals surface area contributed by atoms with Crippen LogP contribution in [0.15, 0.2) is 0 Å². The second-order valence-corrected chi connectivity index (χ2v) is 4.09. The first-order chi connectivity index (χ1) is 5.42. The summed E-state index contributed by atoms with van der Waals surface area (Å²) < 4.78 is 46.0. The molecule has 0 atom stereocenters. The molecule has 0 bridgehead atoms. The highest BCUT2D eigenvalue weighted by molar-refractivity contribution is 7.88. The number of nitrogens with one attached hydrogen (secondary N) is 2. The average Bonchev–Trinajstić information content (AvgIpc) is 1.83. The summed E-state index contributed by atoms with van der Waals surface area (Å²) in [6.45, 7) is -0.0750. The third-order valence-corrected chi connectivity index (χ3v) is 1.69. The lowest BCUT2D eigenvalue weighted by molar-refractivity contribution is 0.146. The number of hydrogen-bond donors (Lipinski definition) is 2. The van der Waals surface area contributed by atoms with Crippen LogP contribution in [-0.2, 0) is 10.0 Å². The fourth-order valence-electron chi connectivity index (χ4n) is 0.536. The minimum atomic E-state index is -3.20. The van der Waals surface area contributed by atoms with Crippen LogP contribution in [0.2, 0.25) is 0 Å². The van der Waals surface area contributed by atoms with Crippen LogP contribution in [0.1, 0.15) is 0 Å². The van der Waals surface area contributed by atoms with Gasteiger partial charge in [0, 0.05) is 13.1 Å². The standard InChI is InChI=1S/C5H12F2N2O2S/c1-12(10,11)9-3-2-8-4-5(6)7/h5,8-9H,2-4H2,1H3. The molecule has 0 unspecified atom stereocenters. The van der Waals surface area contributed by atoms with Crippen LogP contribution in [0.25, 0.3) is 0 Å². The summed E-state index contributed by atoms with van der Waals surface area (Å²) in [6, 6.07) is 0. The van der Waals surface area contributed by atoms with Crippen molar-refractivity contribution < 1.29 is 17.2 Å². The largest absolute Gasteiger partial charge is 0.310 e. The number of sulfonamides is 1. The number of halogens is 2. The van der Waals surface area contributed by atoms with Gasteiger partial charge in [0.25, 0.3) is 6.43 Å². The van der Waals surface area contributed by atoms with E-state index in [2.05, 4.69) is 10.0 Å². The molecule has 0 spiro atoms. The van der Waals surface area contributed by atoms with E-state index in [4.69, 9.17) is 0 Å². The van der Waals surface area contributed by atoms with Crippen molar-refractivity contribution in [1.82, 2.24) is 10.0 Å². The molecule has 0 aromatic carbocycles. The van der Waals surface area contributed by atoms with Gasteiger partial charge in [0.2, 0.25) is 10.0 Å². The smallest absolute Gasteiger partial charge is 0.250 e. The van der Waals surface area contributed by atoms with Crippen LogP contribution in [0, 0.1) is 0 Å². The van der Waals surface area contributed by atoms with Crippen molar-refractivity contribution in [2.75, 3.05) is 25.9 Å². The summed E-state index contributed by atoms with van der Waals surface area (Å²) in [7, 11) is -3.20. The number of alkyl halides is 2. The normalized spacial score (nSPS) is 12.3. The molecule has 12 heavy (non-hydrogen) atoms. The molecule has 7 heteroatoms. The Kier molecular flexibility index (Phi) is 5.27. The van der Waals surface area contributed by atoms with E-state index in [0.717, 1.165) is 6.26 Å². The van der Waals surface area contributed by atoms with Crippen molar-refractivity contribution in [3.05, 3.63) is 0 Å². The molecule has 0 aliphatic heterocycles. The SMILES string of the molecule is CS(=O)(=O)NCCNCC(F)F. The van der Waals surface area contributed by atoms with E-state index in [9.17, 15) is 17.2 Å². The molecular formula is C5H12F2N2O2S. The van der Waals surface area contributed by atoms with Gasteiger partial charge in [0.1, 0.15) is 0 Å². The third kappa shape index (κ3) is 9.73. The van der Waals surface area contributed by atoms with Crippen molar-refractivity contribution in [1.29, 1.82) is 0 Å². The second kappa shape index (κ2) is 5.39. The zero-order valence-corrected chi connectivity index (χ0v) is 7.50. The van der Waals surface area contributed by atoms with Gasteiger partial charge in [-0.3, -0.25) is 0 Å². The summed E-state index contributed by atoms with van der Waals surface area (Å²) in [5.74, 6) is 0. The van der Waals surface area contributed by atoms with Gasteiger partial charge in [-0.25, -0.2) is 21.9 Å². The second-order valence-electron chi connectivity index (χ2n) is 2.26. The highest BCUT2D eigenvalue weighted by Crippen LogP contribution is 1.86. The van der Waals surface area contributed by atoms with Crippen molar-refractivity contribution in [3.63, 3.8) is 0 Å². The average molecular weight is 202 g/mol. The summed E-state index contributed by atoms with van der Waals surface area (Å²) >= 11 is 0. The third-order valence-electron chi connectivity index (χ3n) is 0.965. The van der Waals surface area contributed by atoms with Crippen LogP contribution in [0.5, 0.6) is 0 Å². The Hall–Kier alpha value is -0.270. The molecule has 74 valence electrons. The summed E-state index contributed by atoms with van der Waals surface area (Å²) in [4.78, 5) is 0. The monoisotopic (exact) mass is 202 g/mol. The fraction of sp³-hybridized carbons (Fsp3) is 1.00. The molecule has 0 saturated heterocycles. The van der Waals surface area contributed by atoms with Gasteiger partial charge in [-0.2, -0.15) is 0 Å². The molecule has 0 heterocycles. The molecule has 0 fully saturated rings. The van der Waals surface area contributed by atoms with E-state index < -0.39 is 23.0 Å². The maximum absolute atomic E-state index is 11.5. The molecule has 2 N–H and O–H groups in total. The Morgan fingerprint density at radius 3 is 2.33 bits per heavy atom. The molecule has 0 aliphatic rings. The molecule has 4 nitrogen and oxygen atoms in total. The van der Waals surface area contributed by atoms with Crippen LogP contribution in [0.3, 0.4) is 0 Å². The zero-order valence-electron chi connectivity index (χ0n) is 6.68. The summed E-state index contributed by atoms with van der Waals surface area (Å²) in [6.07, 6.45) is -1.39. The lowest BCUT2D eigenvalue weighted by atomic mass is 10.6. The Labute approximate surface area is 70.4 Å². The van der Waals surface area contributed by atoms with Gasteiger partial charge >= 0.3 is 0 Å². The van der Waals surface area contributed by atoms with Gasteiger partial charge in [-0.15, -0.1) is 0 Å². The molecule has 0 aromatic rings. The zero-order chi connectivity index (χ0) is 9.61. The van der Waals surface area contributed by atoms with Gasteiger partial charge in [0.05, 0.1) is 12.8 Å². The molecule has 0 aliphatic carbocycles. The highest BCUT2D eigenvalue weighted by atomic mass is 32.2. The Morgan fingerprint density at radius 2 is 1.92 bits per heavy atom. The van der Waals surface area contributed by atoms with Crippen molar-refractivity contribution in [2.24, 2.45) is 0 Å². The summed E-state index contributed by atoms with van der Waals surface area (Å²) in [5, 5.41) is 2.38. The Balaban J connectivity index is 3.23. The molecule has 0 amide bonds. The van der Waals surface area contributed by atoms with E-state index in [1.165, 1.54) is 0 Å². The van der Waals surface area contributed by atoms with E-state index in [1.807, 2.05) is 0 Å². The van der Waals surface area contributed by atoms with Gasteiger partial charge in [-0.05, 0) is 0 Å². The first-order valence-corrected chi connectivity index (χ1v) is 5.24. The number of hydrogen-bond acceptors (Lipinski definition) is 3. The first-order valence-electron chi connectivity index (χ1n) is 3.35. The van der Waals surface area contributed by atoms with E-state index >= 15 is 0 Å². The molecule has 0 rings (SSSR count). The van der Waals surface area contributed by atoms with Crippen LogP contribution in [0.4, 0.5) is 8.78 Å². The van der Waals surface area contributed by atoms with Crippen LogP contribution < -0.4 is 10.0 Å². The van der Waals surface area contributed by atoms with E-state index in [1.54, 1.807) is 0 Å². The lowest BCUT2D eigenvalue weighted by Gasteiger charge is -2.03.